The molecule has 2 amide bonds. The zero-order chi connectivity index (χ0) is 16.6. The first kappa shape index (κ1) is 15.4. The minimum Gasteiger partial charge on any atom is -0.308 e. The molecule has 0 unspecified atom stereocenters. The van der Waals surface area contributed by atoms with E-state index < -0.39 is 11.8 Å². The van der Waals surface area contributed by atoms with E-state index >= 15 is 0 Å². The van der Waals surface area contributed by atoms with Crippen molar-refractivity contribution in [1.29, 1.82) is 0 Å². The van der Waals surface area contributed by atoms with E-state index in [2.05, 4.69) is 15.6 Å². The monoisotopic (exact) mass is 352 g/mol. The fraction of sp³-hybridized carbons (Fsp3) is 0.0714. The molecule has 118 valence electrons. The first-order valence-corrected chi connectivity index (χ1v) is 7.71. The maximum Gasteiger partial charge on any atom is 0.323 e. The highest BCUT2D eigenvalue weighted by Gasteiger charge is 2.13. The molecule has 0 bridgehead atoms. The first-order chi connectivity index (χ1) is 11.0. The lowest BCUT2D eigenvalue weighted by atomic mass is 10.3. The second-order valence-electron chi connectivity index (χ2n) is 4.64. The van der Waals surface area contributed by atoms with Gasteiger partial charge in [0.15, 0.2) is 4.96 Å². The fourth-order valence-electron chi connectivity index (χ4n) is 1.98. The number of aromatic nitrogens is 2. The van der Waals surface area contributed by atoms with Crippen molar-refractivity contribution >= 4 is 45.3 Å². The number of benzene rings is 1. The van der Waals surface area contributed by atoms with Crippen molar-refractivity contribution in [2.75, 3.05) is 10.6 Å². The van der Waals surface area contributed by atoms with Crippen LogP contribution in [-0.4, -0.2) is 15.4 Å². The third-order valence-corrected chi connectivity index (χ3v) is 4.11. The van der Waals surface area contributed by atoms with Crippen molar-refractivity contribution in [3.8, 4) is 0 Å². The number of fused-ring (bicyclic) bond motifs is 1. The molecule has 2 aromatic heterocycles. The molecule has 0 atom stereocenters. The van der Waals surface area contributed by atoms with Gasteiger partial charge in [0.05, 0.1) is 10.7 Å². The van der Waals surface area contributed by atoms with Crippen LogP contribution in [0.2, 0.25) is 5.02 Å². The Hall–Kier alpha value is -2.45. The highest BCUT2D eigenvalue weighted by Crippen LogP contribution is 2.19. The number of halogens is 2. The third-order valence-electron chi connectivity index (χ3n) is 3.06. The van der Waals surface area contributed by atoms with Crippen LogP contribution < -0.4 is 16.2 Å². The van der Waals surface area contributed by atoms with Gasteiger partial charge in [-0.05, 0) is 25.1 Å². The van der Waals surface area contributed by atoms with E-state index in [0.29, 0.717) is 16.3 Å². The molecule has 0 aliphatic rings. The first-order valence-electron chi connectivity index (χ1n) is 6.45. The molecule has 2 N–H and O–H groups in total. The minimum atomic E-state index is -0.648. The number of carbonyl (C=O) groups is 1. The van der Waals surface area contributed by atoms with Crippen LogP contribution in [0.3, 0.4) is 0 Å². The Morgan fingerprint density at radius 1 is 1.39 bits per heavy atom. The van der Waals surface area contributed by atoms with E-state index in [1.54, 1.807) is 18.5 Å². The van der Waals surface area contributed by atoms with Crippen molar-refractivity contribution in [2.45, 2.75) is 6.92 Å². The third kappa shape index (κ3) is 3.03. The van der Waals surface area contributed by atoms with Crippen LogP contribution in [-0.2, 0) is 0 Å². The van der Waals surface area contributed by atoms with E-state index in [4.69, 9.17) is 11.6 Å². The van der Waals surface area contributed by atoms with Crippen molar-refractivity contribution in [1.82, 2.24) is 9.38 Å². The van der Waals surface area contributed by atoms with Crippen molar-refractivity contribution in [3.05, 3.63) is 56.7 Å². The summed E-state index contributed by atoms with van der Waals surface area (Å²) < 4.78 is 14.4. The van der Waals surface area contributed by atoms with Gasteiger partial charge in [-0.3, -0.25) is 9.20 Å². The summed E-state index contributed by atoms with van der Waals surface area (Å²) in [6, 6.07) is 3.12. The topological polar surface area (TPSA) is 75.5 Å². The van der Waals surface area contributed by atoms with Gasteiger partial charge >= 0.3 is 6.03 Å². The van der Waals surface area contributed by atoms with Gasteiger partial charge in [-0.2, -0.15) is 0 Å². The smallest absolute Gasteiger partial charge is 0.308 e. The molecule has 6 nitrogen and oxygen atoms in total. The van der Waals surface area contributed by atoms with Crippen LogP contribution in [0.1, 0.15) is 5.69 Å². The van der Waals surface area contributed by atoms with E-state index in [9.17, 15) is 14.0 Å². The summed E-state index contributed by atoms with van der Waals surface area (Å²) in [5.74, 6) is -0.584. The molecule has 0 fully saturated rings. The summed E-state index contributed by atoms with van der Waals surface area (Å²) in [6.07, 6.45) is 1.58. The number of urea groups is 1. The molecule has 0 saturated heterocycles. The van der Waals surface area contributed by atoms with Crippen LogP contribution in [0.5, 0.6) is 0 Å². The zero-order valence-electron chi connectivity index (χ0n) is 11.8. The standard InChI is InChI=1S/C14H10ClFN4O2S/c1-7-11(12(21)20-4-5-23-14(20)17-7)19-13(22)18-8-2-3-10(16)9(15)6-8/h2-6H,1H3,(H2,18,19,22). The van der Waals surface area contributed by atoms with Gasteiger partial charge in [0, 0.05) is 17.3 Å². The van der Waals surface area contributed by atoms with Crippen LogP contribution >= 0.6 is 22.9 Å². The fourth-order valence-corrected chi connectivity index (χ4v) is 2.91. The quantitative estimate of drug-likeness (QED) is 0.741. The number of amides is 2. The van der Waals surface area contributed by atoms with Gasteiger partial charge in [0.2, 0.25) is 0 Å². The lowest BCUT2D eigenvalue weighted by Crippen LogP contribution is -2.27. The summed E-state index contributed by atoms with van der Waals surface area (Å²) in [5.41, 5.74) is 0.411. The Bertz CT molecular complexity index is 969. The number of hydrogen-bond acceptors (Lipinski definition) is 4. The predicted octanol–water partition coefficient (Wildman–Crippen LogP) is 3.50. The van der Waals surface area contributed by atoms with E-state index in [-0.39, 0.29) is 16.3 Å². The highest BCUT2D eigenvalue weighted by molar-refractivity contribution is 7.15. The normalized spacial score (nSPS) is 10.7. The molecule has 9 heteroatoms. The summed E-state index contributed by atoms with van der Waals surface area (Å²) in [5, 5.41) is 6.56. The molecule has 0 radical (unpaired) electrons. The van der Waals surface area contributed by atoms with Crippen molar-refractivity contribution in [3.63, 3.8) is 0 Å². The largest absolute Gasteiger partial charge is 0.323 e. The maximum absolute atomic E-state index is 13.1. The number of nitrogens with zero attached hydrogens (tertiary/aromatic N) is 2. The van der Waals surface area contributed by atoms with E-state index in [1.165, 1.54) is 27.9 Å². The summed E-state index contributed by atoms with van der Waals surface area (Å²) in [4.78, 5) is 29.1. The molecular formula is C14H10ClFN4O2S. The number of carbonyl (C=O) groups excluding carboxylic acids is 1. The molecule has 0 aliphatic heterocycles. The molecule has 0 saturated carbocycles. The van der Waals surface area contributed by atoms with Gasteiger partial charge in [0.25, 0.3) is 5.56 Å². The van der Waals surface area contributed by atoms with Gasteiger partial charge in [-0.1, -0.05) is 11.6 Å². The second-order valence-corrected chi connectivity index (χ2v) is 5.92. The molecule has 3 aromatic rings. The average molecular weight is 353 g/mol. The lowest BCUT2D eigenvalue weighted by molar-refractivity contribution is 0.262. The van der Waals surface area contributed by atoms with Gasteiger partial charge < -0.3 is 10.6 Å². The number of anilines is 2. The lowest BCUT2D eigenvalue weighted by Gasteiger charge is -2.09. The van der Waals surface area contributed by atoms with Crippen LogP contribution in [0.25, 0.3) is 4.96 Å². The van der Waals surface area contributed by atoms with Crippen LogP contribution in [0.4, 0.5) is 20.6 Å². The van der Waals surface area contributed by atoms with E-state index in [0.717, 1.165) is 6.07 Å². The minimum absolute atomic E-state index is 0.0756. The van der Waals surface area contributed by atoms with Gasteiger partial charge in [0.1, 0.15) is 11.5 Å². The Kier molecular flexibility index (Phi) is 4.01. The summed E-state index contributed by atoms with van der Waals surface area (Å²) >= 11 is 6.97. The van der Waals surface area contributed by atoms with Crippen molar-refractivity contribution in [2.24, 2.45) is 0 Å². The summed E-state index contributed by atoms with van der Waals surface area (Å²) in [6.45, 7) is 1.63. The highest BCUT2D eigenvalue weighted by atomic mass is 35.5. The molecule has 3 rings (SSSR count). The molecule has 2 heterocycles. The number of nitrogens with one attached hydrogen (secondary N) is 2. The van der Waals surface area contributed by atoms with Crippen LogP contribution in [0, 0.1) is 12.7 Å². The number of hydrogen-bond donors (Lipinski definition) is 2. The number of aryl methyl sites for hydroxylation is 1. The molecular weight excluding hydrogens is 343 g/mol. The average Bonchev–Trinajstić information content (AvgIpc) is 2.95. The summed E-state index contributed by atoms with van der Waals surface area (Å²) in [7, 11) is 0. The molecule has 0 spiro atoms. The van der Waals surface area contributed by atoms with Crippen molar-refractivity contribution < 1.29 is 9.18 Å². The Morgan fingerprint density at radius 3 is 2.91 bits per heavy atom. The molecule has 23 heavy (non-hydrogen) atoms. The van der Waals surface area contributed by atoms with E-state index in [1.807, 2.05) is 0 Å². The molecule has 1 aromatic carbocycles. The second kappa shape index (κ2) is 5.98. The number of thiazole rings is 1. The number of rotatable bonds is 2. The predicted molar refractivity (Wildman–Crippen MR) is 88.1 cm³/mol. The van der Waals surface area contributed by atoms with Gasteiger partial charge in [-0.15, -0.1) is 11.3 Å². The Balaban J connectivity index is 1.85. The Morgan fingerprint density at radius 2 is 2.17 bits per heavy atom. The SMILES string of the molecule is Cc1nc2sccn2c(=O)c1NC(=O)Nc1ccc(F)c(Cl)c1. The van der Waals surface area contributed by atoms with Gasteiger partial charge in [-0.25, -0.2) is 14.2 Å². The van der Waals surface area contributed by atoms with Crippen LogP contribution in [0.15, 0.2) is 34.6 Å². The molecule has 0 aliphatic carbocycles. The Labute approximate surface area is 138 Å². The maximum atomic E-state index is 13.1. The zero-order valence-corrected chi connectivity index (χ0v) is 13.3.